The highest BCUT2D eigenvalue weighted by atomic mass is 19.2. The molecule has 0 fully saturated rings. The van der Waals surface area contributed by atoms with Crippen LogP contribution in [-0.4, -0.2) is 17.8 Å². The molecule has 0 aromatic heterocycles. The van der Waals surface area contributed by atoms with Crippen molar-refractivity contribution in [2.24, 2.45) is 5.92 Å². The molecule has 0 heterocycles. The minimum Gasteiger partial charge on any atom is -0.396 e. The van der Waals surface area contributed by atoms with Crippen molar-refractivity contribution >= 4 is 5.69 Å². The van der Waals surface area contributed by atoms with Gasteiger partial charge in [-0.15, -0.1) is 0 Å². The van der Waals surface area contributed by atoms with Crippen molar-refractivity contribution in [3.8, 4) is 0 Å². The van der Waals surface area contributed by atoms with Gasteiger partial charge in [-0.05, 0) is 12.3 Å². The third-order valence-electron chi connectivity index (χ3n) is 2.78. The molecule has 1 aromatic rings. The lowest BCUT2D eigenvalue weighted by Gasteiger charge is -2.23. The van der Waals surface area contributed by atoms with Gasteiger partial charge in [0.05, 0.1) is 0 Å². The molecule has 108 valence electrons. The molecule has 2 nitrogen and oxygen atoms in total. The highest BCUT2D eigenvalue weighted by Gasteiger charge is 2.27. The Morgan fingerprint density at radius 2 is 1.32 bits per heavy atom. The quantitative estimate of drug-likeness (QED) is 0.494. The lowest BCUT2D eigenvalue weighted by Crippen LogP contribution is -2.28. The van der Waals surface area contributed by atoms with Crippen LogP contribution in [0, 0.1) is 35.0 Å². The van der Waals surface area contributed by atoms with Crippen LogP contribution in [0.15, 0.2) is 0 Å². The van der Waals surface area contributed by atoms with Gasteiger partial charge in [-0.1, -0.05) is 13.8 Å². The second-order valence-electron chi connectivity index (χ2n) is 4.45. The SMILES string of the molecule is CC(C)C(CCO)Nc1c(F)c(F)c(F)c(F)c1F. The molecule has 1 unspecified atom stereocenters. The maximum Gasteiger partial charge on any atom is 0.200 e. The molecule has 2 N–H and O–H groups in total. The van der Waals surface area contributed by atoms with E-state index < -0.39 is 40.8 Å². The third-order valence-corrected chi connectivity index (χ3v) is 2.78. The van der Waals surface area contributed by atoms with E-state index in [2.05, 4.69) is 5.32 Å². The minimum absolute atomic E-state index is 0.122. The number of aliphatic hydroxyl groups excluding tert-OH is 1. The maximum absolute atomic E-state index is 13.4. The van der Waals surface area contributed by atoms with Crippen LogP contribution in [0.1, 0.15) is 20.3 Å². The predicted octanol–water partition coefficient (Wildman–Crippen LogP) is 3.20. The lowest BCUT2D eigenvalue weighted by molar-refractivity contribution is 0.267. The van der Waals surface area contributed by atoms with Gasteiger partial charge in [0.2, 0.25) is 5.82 Å². The van der Waals surface area contributed by atoms with E-state index in [1.807, 2.05) is 0 Å². The number of halogens is 5. The van der Waals surface area contributed by atoms with Crippen molar-refractivity contribution < 1.29 is 27.1 Å². The van der Waals surface area contributed by atoms with E-state index in [1.165, 1.54) is 0 Å². The van der Waals surface area contributed by atoms with Crippen LogP contribution in [0.4, 0.5) is 27.6 Å². The Hall–Kier alpha value is -1.37. The zero-order valence-corrected chi connectivity index (χ0v) is 10.4. The normalized spacial score (nSPS) is 12.9. The molecule has 1 rings (SSSR count). The number of benzene rings is 1. The van der Waals surface area contributed by atoms with Gasteiger partial charge in [-0.25, -0.2) is 22.0 Å². The summed E-state index contributed by atoms with van der Waals surface area (Å²) >= 11 is 0. The van der Waals surface area contributed by atoms with Crippen molar-refractivity contribution in [1.82, 2.24) is 0 Å². The summed E-state index contributed by atoms with van der Waals surface area (Å²) in [5.41, 5.74) is -1.07. The van der Waals surface area contributed by atoms with Crippen LogP contribution >= 0.6 is 0 Å². The molecule has 1 aromatic carbocycles. The number of hydrogen-bond acceptors (Lipinski definition) is 2. The van der Waals surface area contributed by atoms with Crippen molar-refractivity contribution in [2.75, 3.05) is 11.9 Å². The third kappa shape index (κ3) is 3.15. The van der Waals surface area contributed by atoms with E-state index in [1.54, 1.807) is 13.8 Å². The van der Waals surface area contributed by atoms with E-state index in [0.717, 1.165) is 0 Å². The molecule has 0 radical (unpaired) electrons. The van der Waals surface area contributed by atoms with Crippen LogP contribution in [0.3, 0.4) is 0 Å². The zero-order valence-electron chi connectivity index (χ0n) is 10.4. The highest BCUT2D eigenvalue weighted by molar-refractivity contribution is 5.48. The number of anilines is 1. The summed E-state index contributed by atoms with van der Waals surface area (Å²) in [4.78, 5) is 0. The monoisotopic (exact) mass is 283 g/mol. The first-order chi connectivity index (χ1) is 8.81. The first kappa shape index (κ1) is 15.7. The molecule has 0 saturated heterocycles. The second kappa shape index (κ2) is 6.18. The smallest absolute Gasteiger partial charge is 0.200 e. The van der Waals surface area contributed by atoms with E-state index in [4.69, 9.17) is 5.11 Å². The molecule has 7 heteroatoms. The molecule has 1 atom stereocenters. The predicted molar refractivity (Wildman–Crippen MR) is 60.2 cm³/mol. The molecule has 0 amide bonds. The van der Waals surface area contributed by atoms with E-state index in [-0.39, 0.29) is 18.9 Å². The molecule has 0 spiro atoms. The number of rotatable bonds is 5. The van der Waals surface area contributed by atoms with E-state index in [9.17, 15) is 22.0 Å². The standard InChI is InChI=1S/C12H14F5NO/c1-5(2)6(3-4-19)18-12-10(16)8(14)7(13)9(15)11(12)17/h5-6,18-19H,3-4H2,1-2H3. The van der Waals surface area contributed by atoms with Crippen LogP contribution in [0.5, 0.6) is 0 Å². The van der Waals surface area contributed by atoms with Gasteiger partial charge < -0.3 is 10.4 Å². The Morgan fingerprint density at radius 3 is 1.68 bits per heavy atom. The zero-order chi connectivity index (χ0) is 14.7. The van der Waals surface area contributed by atoms with Crippen molar-refractivity contribution in [3.05, 3.63) is 29.1 Å². The Kier molecular flexibility index (Phi) is 5.11. The van der Waals surface area contributed by atoms with Crippen LogP contribution < -0.4 is 5.32 Å². The average Bonchev–Trinajstić information content (AvgIpc) is 2.37. The van der Waals surface area contributed by atoms with Crippen LogP contribution in [0.2, 0.25) is 0 Å². The Labute approximate surface area is 107 Å². The van der Waals surface area contributed by atoms with E-state index >= 15 is 0 Å². The summed E-state index contributed by atoms with van der Waals surface area (Å²) in [6, 6.07) is -0.613. The van der Waals surface area contributed by atoms with Crippen molar-refractivity contribution in [2.45, 2.75) is 26.3 Å². The second-order valence-corrected chi connectivity index (χ2v) is 4.45. The molecular formula is C12H14F5NO. The van der Waals surface area contributed by atoms with Gasteiger partial charge >= 0.3 is 0 Å². The largest absolute Gasteiger partial charge is 0.396 e. The lowest BCUT2D eigenvalue weighted by atomic mass is 10.0. The Morgan fingerprint density at radius 1 is 0.895 bits per heavy atom. The first-order valence-corrected chi connectivity index (χ1v) is 5.70. The fourth-order valence-corrected chi connectivity index (χ4v) is 1.63. The van der Waals surface area contributed by atoms with Crippen LogP contribution in [0.25, 0.3) is 0 Å². The summed E-state index contributed by atoms with van der Waals surface area (Å²) in [7, 11) is 0. The average molecular weight is 283 g/mol. The fourth-order valence-electron chi connectivity index (χ4n) is 1.63. The molecule has 0 aliphatic carbocycles. The summed E-state index contributed by atoms with van der Waals surface area (Å²) in [6.45, 7) is 3.12. The van der Waals surface area contributed by atoms with Gasteiger partial charge in [-0.2, -0.15) is 0 Å². The van der Waals surface area contributed by atoms with Gasteiger partial charge in [0.15, 0.2) is 23.3 Å². The Bertz CT molecular complexity index is 435. The van der Waals surface area contributed by atoms with Gasteiger partial charge in [0.1, 0.15) is 5.69 Å². The van der Waals surface area contributed by atoms with Crippen molar-refractivity contribution in [1.29, 1.82) is 0 Å². The molecule has 0 aliphatic rings. The van der Waals surface area contributed by atoms with Crippen LogP contribution in [-0.2, 0) is 0 Å². The highest BCUT2D eigenvalue weighted by Crippen LogP contribution is 2.28. The molecule has 19 heavy (non-hydrogen) atoms. The maximum atomic E-state index is 13.4. The molecule has 0 bridgehead atoms. The molecule has 0 saturated carbocycles. The van der Waals surface area contributed by atoms with Gasteiger partial charge in [0, 0.05) is 12.6 Å². The Balaban J connectivity index is 3.20. The molecular weight excluding hydrogens is 269 g/mol. The van der Waals surface area contributed by atoms with Gasteiger partial charge in [0.25, 0.3) is 0 Å². The summed E-state index contributed by atoms with van der Waals surface area (Å²) < 4.78 is 65.7. The summed E-state index contributed by atoms with van der Waals surface area (Å²) in [6.07, 6.45) is 0.122. The number of aliphatic hydroxyl groups is 1. The fraction of sp³-hybridized carbons (Fsp3) is 0.500. The summed E-state index contributed by atoms with van der Waals surface area (Å²) in [5.74, 6) is -10.1. The number of hydrogen-bond donors (Lipinski definition) is 2. The summed E-state index contributed by atoms with van der Waals surface area (Å²) in [5, 5.41) is 11.1. The number of nitrogens with one attached hydrogen (secondary N) is 1. The minimum atomic E-state index is -2.19. The van der Waals surface area contributed by atoms with Crippen molar-refractivity contribution in [3.63, 3.8) is 0 Å². The topological polar surface area (TPSA) is 32.3 Å². The van der Waals surface area contributed by atoms with E-state index in [0.29, 0.717) is 0 Å². The first-order valence-electron chi connectivity index (χ1n) is 5.70. The van der Waals surface area contributed by atoms with Gasteiger partial charge in [-0.3, -0.25) is 0 Å². The molecule has 0 aliphatic heterocycles.